The summed E-state index contributed by atoms with van der Waals surface area (Å²) >= 11 is 1.21. The molecule has 2 fully saturated rings. The predicted octanol–water partition coefficient (Wildman–Crippen LogP) is 2.15. The third-order valence-electron chi connectivity index (χ3n) is 6.63. The molecule has 0 atom stereocenters. The van der Waals surface area contributed by atoms with Gasteiger partial charge in [-0.1, -0.05) is 6.07 Å². The molecule has 0 aliphatic carbocycles. The van der Waals surface area contributed by atoms with E-state index in [2.05, 4.69) is 15.5 Å². The molecule has 0 spiro atoms. The highest BCUT2D eigenvalue weighted by molar-refractivity contribution is 7.91. The first-order chi connectivity index (χ1) is 17.5. The number of piperidine rings is 1. The Labute approximate surface area is 217 Å². The average molecular weight is 537 g/mol. The summed E-state index contributed by atoms with van der Waals surface area (Å²) in [4.78, 5) is 15.7. The Morgan fingerprint density at radius 2 is 1.92 bits per heavy atom. The van der Waals surface area contributed by atoms with Crippen LogP contribution in [0.2, 0.25) is 0 Å². The molecule has 0 saturated carbocycles. The number of nitrogens with one attached hydrogen (secondary N) is 2. The Bertz CT molecular complexity index is 1090. The standard InChI is InChI=1S/C25H36N4O5S2/c1-33-22-5-2-4-20(18-22)25(30)27-19-23-6-7-24(35-23)36(31,32)29-12-8-21(9-13-29)26-10-3-11-28-14-16-34-17-15-28/h2,4-7,18,21,26H,3,8-17,19H2,1H3,(H,27,30). The van der Waals surface area contributed by atoms with Crippen LogP contribution in [0.3, 0.4) is 0 Å². The molecule has 2 aliphatic rings. The van der Waals surface area contributed by atoms with Gasteiger partial charge in [-0.3, -0.25) is 9.69 Å². The molecule has 0 unspecified atom stereocenters. The second-order valence-electron chi connectivity index (χ2n) is 9.08. The summed E-state index contributed by atoms with van der Waals surface area (Å²) in [5.74, 6) is 0.380. The molecule has 0 bridgehead atoms. The highest BCUT2D eigenvalue weighted by Crippen LogP contribution is 2.27. The third-order valence-corrected chi connectivity index (χ3v) is 10.1. The zero-order valence-electron chi connectivity index (χ0n) is 20.8. The summed E-state index contributed by atoms with van der Waals surface area (Å²) in [6.07, 6.45) is 2.71. The number of ether oxygens (including phenoxy) is 2. The summed E-state index contributed by atoms with van der Waals surface area (Å²) in [5, 5.41) is 6.45. The quantitative estimate of drug-likeness (QED) is 0.425. The molecule has 2 N–H and O–H groups in total. The van der Waals surface area contributed by atoms with Gasteiger partial charge in [0.25, 0.3) is 15.9 Å². The van der Waals surface area contributed by atoms with Gasteiger partial charge in [0.05, 0.1) is 26.9 Å². The molecule has 36 heavy (non-hydrogen) atoms. The molecule has 2 aromatic rings. The van der Waals surface area contributed by atoms with Crippen molar-refractivity contribution in [3.63, 3.8) is 0 Å². The first kappa shape index (κ1) is 27.0. The summed E-state index contributed by atoms with van der Waals surface area (Å²) < 4.78 is 38.8. The van der Waals surface area contributed by atoms with E-state index >= 15 is 0 Å². The fourth-order valence-electron chi connectivity index (χ4n) is 4.49. The van der Waals surface area contributed by atoms with Crippen molar-refractivity contribution in [2.75, 3.05) is 59.6 Å². The first-order valence-electron chi connectivity index (χ1n) is 12.5. The second-order valence-corrected chi connectivity index (χ2v) is 12.4. The zero-order valence-corrected chi connectivity index (χ0v) is 22.4. The number of amides is 1. The van der Waals surface area contributed by atoms with Gasteiger partial charge in [0, 0.05) is 42.7 Å². The minimum atomic E-state index is -3.53. The summed E-state index contributed by atoms with van der Waals surface area (Å²) in [5.41, 5.74) is 0.497. The molecule has 11 heteroatoms. The maximum atomic E-state index is 13.2. The average Bonchev–Trinajstić information content (AvgIpc) is 3.41. The Kier molecular flexibility index (Phi) is 9.74. The van der Waals surface area contributed by atoms with Crippen molar-refractivity contribution in [3.8, 4) is 5.75 Å². The van der Waals surface area contributed by atoms with Gasteiger partial charge in [0.1, 0.15) is 9.96 Å². The number of thiophene rings is 1. The number of morpholine rings is 1. The van der Waals surface area contributed by atoms with E-state index in [0.29, 0.717) is 34.7 Å². The monoisotopic (exact) mass is 536 g/mol. The highest BCUT2D eigenvalue weighted by Gasteiger charge is 2.30. The van der Waals surface area contributed by atoms with Crippen molar-refractivity contribution in [1.29, 1.82) is 0 Å². The van der Waals surface area contributed by atoms with E-state index in [0.717, 1.165) is 63.5 Å². The van der Waals surface area contributed by atoms with Crippen molar-refractivity contribution in [2.24, 2.45) is 0 Å². The van der Waals surface area contributed by atoms with Crippen LogP contribution in [0.4, 0.5) is 0 Å². The second kappa shape index (κ2) is 13.0. The maximum absolute atomic E-state index is 13.2. The van der Waals surface area contributed by atoms with Crippen LogP contribution >= 0.6 is 11.3 Å². The Morgan fingerprint density at radius 3 is 2.67 bits per heavy atom. The number of rotatable bonds is 11. The SMILES string of the molecule is COc1cccc(C(=O)NCc2ccc(S(=O)(=O)N3CCC(NCCCN4CCOCC4)CC3)s2)c1. The molecule has 0 radical (unpaired) electrons. The van der Waals surface area contributed by atoms with Crippen LogP contribution in [0.15, 0.2) is 40.6 Å². The van der Waals surface area contributed by atoms with E-state index in [1.807, 2.05) is 0 Å². The Morgan fingerprint density at radius 1 is 1.14 bits per heavy atom. The lowest BCUT2D eigenvalue weighted by Gasteiger charge is -2.32. The van der Waals surface area contributed by atoms with Gasteiger partial charge in [-0.15, -0.1) is 11.3 Å². The molecule has 2 aliphatic heterocycles. The molecular formula is C25H36N4O5S2. The number of sulfonamides is 1. The van der Waals surface area contributed by atoms with Crippen LogP contribution < -0.4 is 15.4 Å². The molecular weight excluding hydrogens is 500 g/mol. The Balaban J connectivity index is 1.20. The number of carbonyl (C=O) groups excluding carboxylic acids is 1. The normalized spacial score (nSPS) is 18.2. The summed E-state index contributed by atoms with van der Waals surface area (Å²) in [6.45, 7) is 6.99. The summed E-state index contributed by atoms with van der Waals surface area (Å²) in [6, 6.07) is 10.7. The number of hydrogen-bond acceptors (Lipinski definition) is 8. The van der Waals surface area contributed by atoms with Crippen molar-refractivity contribution >= 4 is 27.3 Å². The van der Waals surface area contributed by atoms with Crippen molar-refractivity contribution in [3.05, 3.63) is 46.8 Å². The van der Waals surface area contributed by atoms with Crippen LogP contribution in [0, 0.1) is 0 Å². The minimum Gasteiger partial charge on any atom is -0.497 e. The zero-order chi connectivity index (χ0) is 25.4. The fraction of sp³-hybridized carbons (Fsp3) is 0.560. The lowest BCUT2D eigenvalue weighted by molar-refractivity contribution is 0.0373. The van der Waals surface area contributed by atoms with Crippen LogP contribution in [-0.2, 0) is 21.3 Å². The Hall–Kier alpha value is -2.02. The van der Waals surface area contributed by atoms with E-state index < -0.39 is 10.0 Å². The lowest BCUT2D eigenvalue weighted by Crippen LogP contribution is -2.45. The van der Waals surface area contributed by atoms with Gasteiger partial charge in [0.15, 0.2) is 0 Å². The van der Waals surface area contributed by atoms with Crippen molar-refractivity contribution < 1.29 is 22.7 Å². The first-order valence-corrected chi connectivity index (χ1v) is 14.8. The van der Waals surface area contributed by atoms with Gasteiger partial charge in [-0.05, 0) is 62.7 Å². The van der Waals surface area contributed by atoms with E-state index in [1.54, 1.807) is 47.8 Å². The maximum Gasteiger partial charge on any atom is 0.252 e. The van der Waals surface area contributed by atoms with Gasteiger partial charge in [-0.25, -0.2) is 8.42 Å². The van der Waals surface area contributed by atoms with E-state index in [4.69, 9.17) is 9.47 Å². The number of benzene rings is 1. The predicted molar refractivity (Wildman–Crippen MR) is 140 cm³/mol. The van der Waals surface area contributed by atoms with E-state index in [1.165, 1.54) is 11.3 Å². The van der Waals surface area contributed by atoms with E-state index in [-0.39, 0.29) is 12.5 Å². The molecule has 3 heterocycles. The number of carbonyl (C=O) groups is 1. The van der Waals surface area contributed by atoms with Crippen LogP contribution in [0.1, 0.15) is 34.5 Å². The highest BCUT2D eigenvalue weighted by atomic mass is 32.2. The molecule has 198 valence electrons. The van der Waals surface area contributed by atoms with Crippen molar-refractivity contribution in [2.45, 2.75) is 36.1 Å². The molecule has 9 nitrogen and oxygen atoms in total. The molecule has 2 saturated heterocycles. The number of hydrogen-bond donors (Lipinski definition) is 2. The fourth-order valence-corrected chi connectivity index (χ4v) is 7.41. The lowest BCUT2D eigenvalue weighted by atomic mass is 10.1. The number of methoxy groups -OCH3 is 1. The van der Waals surface area contributed by atoms with Crippen LogP contribution in [0.25, 0.3) is 0 Å². The van der Waals surface area contributed by atoms with Crippen LogP contribution in [-0.4, -0.2) is 89.2 Å². The molecule has 1 aromatic carbocycles. The topological polar surface area (TPSA) is 100 Å². The van der Waals surface area contributed by atoms with Crippen LogP contribution in [0.5, 0.6) is 5.75 Å². The smallest absolute Gasteiger partial charge is 0.252 e. The largest absolute Gasteiger partial charge is 0.497 e. The van der Waals surface area contributed by atoms with Gasteiger partial charge in [0.2, 0.25) is 0 Å². The molecule has 1 aromatic heterocycles. The van der Waals surface area contributed by atoms with Gasteiger partial charge < -0.3 is 20.1 Å². The molecule has 1 amide bonds. The minimum absolute atomic E-state index is 0.230. The van der Waals surface area contributed by atoms with Gasteiger partial charge >= 0.3 is 0 Å². The number of nitrogens with zero attached hydrogens (tertiary/aromatic N) is 2. The third kappa shape index (κ3) is 7.27. The molecule has 4 rings (SSSR count). The van der Waals surface area contributed by atoms with Gasteiger partial charge in [-0.2, -0.15) is 4.31 Å². The van der Waals surface area contributed by atoms with E-state index in [9.17, 15) is 13.2 Å². The summed E-state index contributed by atoms with van der Waals surface area (Å²) in [7, 11) is -1.97. The van der Waals surface area contributed by atoms with Crippen molar-refractivity contribution in [1.82, 2.24) is 19.8 Å².